The highest BCUT2D eigenvalue weighted by molar-refractivity contribution is 6.23. The summed E-state index contributed by atoms with van der Waals surface area (Å²) < 4.78 is 0. The second-order valence-electron chi connectivity index (χ2n) is 12.4. The minimum atomic E-state index is 1.22. The monoisotopic (exact) mass is 608 g/mol. The van der Waals surface area contributed by atoms with Crippen LogP contribution in [0.2, 0.25) is 0 Å². The lowest BCUT2D eigenvalue weighted by atomic mass is 9.82. The third-order valence-electron chi connectivity index (χ3n) is 9.66. The Morgan fingerprint density at radius 3 is 1.52 bits per heavy atom. The van der Waals surface area contributed by atoms with Crippen molar-refractivity contribution in [3.05, 3.63) is 194 Å². The number of hydrogen-bond donors (Lipinski definition) is 0. The lowest BCUT2D eigenvalue weighted by Gasteiger charge is -2.21. The summed E-state index contributed by atoms with van der Waals surface area (Å²) in [5.74, 6) is 0. The molecule has 0 N–H and O–H groups in total. The second-order valence-corrected chi connectivity index (χ2v) is 12.4. The molecule has 48 heavy (non-hydrogen) atoms. The summed E-state index contributed by atoms with van der Waals surface area (Å²) in [6.45, 7) is 0. The topological polar surface area (TPSA) is 0 Å². The maximum Gasteiger partial charge on any atom is -0.00201 e. The average molecular weight is 609 g/mol. The van der Waals surface area contributed by atoms with Gasteiger partial charge in [0, 0.05) is 0 Å². The first-order chi connectivity index (χ1) is 23.8. The van der Waals surface area contributed by atoms with Crippen LogP contribution in [0.3, 0.4) is 0 Å². The van der Waals surface area contributed by atoms with Gasteiger partial charge in [-0.15, -0.1) is 0 Å². The summed E-state index contributed by atoms with van der Waals surface area (Å²) in [7, 11) is 0. The molecule has 0 heteroatoms. The van der Waals surface area contributed by atoms with Crippen LogP contribution in [0.15, 0.2) is 194 Å². The quantitative estimate of drug-likeness (QED) is 0.171. The molecule has 0 nitrogen and oxygen atoms in total. The van der Waals surface area contributed by atoms with Crippen LogP contribution in [0.25, 0.3) is 88.0 Å². The van der Waals surface area contributed by atoms with E-state index in [1.54, 1.807) is 0 Å². The normalized spacial score (nSPS) is 11.3. The van der Waals surface area contributed by atoms with Gasteiger partial charge in [-0.1, -0.05) is 182 Å². The summed E-state index contributed by atoms with van der Waals surface area (Å²) in [5.41, 5.74) is 12.4. The molecule has 0 saturated heterocycles. The van der Waals surface area contributed by atoms with Gasteiger partial charge in [-0.2, -0.15) is 0 Å². The summed E-state index contributed by atoms with van der Waals surface area (Å²) in [5, 5.41) is 7.53. The van der Waals surface area contributed by atoms with Crippen molar-refractivity contribution in [2.75, 3.05) is 0 Å². The van der Waals surface area contributed by atoms with Crippen molar-refractivity contribution >= 4 is 32.3 Å². The van der Waals surface area contributed by atoms with Crippen LogP contribution in [0.5, 0.6) is 0 Å². The van der Waals surface area contributed by atoms with Crippen molar-refractivity contribution in [2.45, 2.75) is 0 Å². The second kappa shape index (κ2) is 11.8. The number of benzene rings is 9. The molecule has 0 atom stereocenters. The van der Waals surface area contributed by atoms with E-state index in [2.05, 4.69) is 194 Å². The predicted octanol–water partition coefficient (Wildman–Crippen LogP) is 13.5. The van der Waals surface area contributed by atoms with Crippen LogP contribution >= 0.6 is 0 Å². The van der Waals surface area contributed by atoms with E-state index >= 15 is 0 Å². The number of fused-ring (bicyclic) bond motifs is 3. The molecular weight excluding hydrogens is 577 g/mol. The molecule has 0 aliphatic heterocycles. The van der Waals surface area contributed by atoms with Crippen molar-refractivity contribution in [3.8, 4) is 55.6 Å². The van der Waals surface area contributed by atoms with E-state index in [-0.39, 0.29) is 0 Å². The summed E-state index contributed by atoms with van der Waals surface area (Å²) in [6, 6.07) is 70.8. The summed E-state index contributed by atoms with van der Waals surface area (Å²) in [4.78, 5) is 0. The molecule has 0 spiro atoms. The zero-order chi connectivity index (χ0) is 31.9. The molecule has 9 aromatic rings. The van der Waals surface area contributed by atoms with Crippen molar-refractivity contribution in [3.63, 3.8) is 0 Å². The molecule has 0 aliphatic rings. The third-order valence-corrected chi connectivity index (χ3v) is 9.66. The van der Waals surface area contributed by atoms with Gasteiger partial charge in [0.25, 0.3) is 0 Å². The Morgan fingerprint density at radius 1 is 0.208 bits per heavy atom. The van der Waals surface area contributed by atoms with Crippen molar-refractivity contribution in [2.24, 2.45) is 0 Å². The Labute approximate surface area is 281 Å². The molecular formula is C48H32. The standard InChI is InChI=1S/C48H32/c1-3-15-33(16-4-1)36-21-13-22-38(31-36)47-43-26-11-12-27-44(43)48(42-25-10-9-24-40(42)34-17-5-2-6-18-34)45-30-29-37(32-46(45)47)41-28-14-20-35-19-7-8-23-39(35)41/h1-32H. The molecule has 9 rings (SSSR count). The Hall–Kier alpha value is -6.24. The average Bonchev–Trinajstić information content (AvgIpc) is 3.17. The highest BCUT2D eigenvalue weighted by atomic mass is 14.2. The molecule has 0 amide bonds. The van der Waals surface area contributed by atoms with Crippen molar-refractivity contribution in [1.29, 1.82) is 0 Å². The van der Waals surface area contributed by atoms with E-state index in [0.29, 0.717) is 0 Å². The minimum absolute atomic E-state index is 1.22. The van der Waals surface area contributed by atoms with E-state index in [0.717, 1.165) is 0 Å². The minimum Gasteiger partial charge on any atom is -0.0622 e. The largest absolute Gasteiger partial charge is 0.0622 e. The molecule has 0 radical (unpaired) electrons. The molecule has 9 aromatic carbocycles. The molecule has 0 aromatic heterocycles. The van der Waals surface area contributed by atoms with E-state index in [9.17, 15) is 0 Å². The zero-order valence-electron chi connectivity index (χ0n) is 26.5. The van der Waals surface area contributed by atoms with E-state index in [1.807, 2.05) is 0 Å². The summed E-state index contributed by atoms with van der Waals surface area (Å²) >= 11 is 0. The van der Waals surface area contributed by atoms with E-state index < -0.39 is 0 Å². The van der Waals surface area contributed by atoms with Crippen LogP contribution in [0.4, 0.5) is 0 Å². The van der Waals surface area contributed by atoms with Gasteiger partial charge in [0.1, 0.15) is 0 Å². The molecule has 0 saturated carbocycles. The van der Waals surface area contributed by atoms with Crippen molar-refractivity contribution in [1.82, 2.24) is 0 Å². The maximum absolute atomic E-state index is 2.43. The fraction of sp³-hybridized carbons (Fsp3) is 0. The first-order valence-electron chi connectivity index (χ1n) is 16.6. The highest BCUT2D eigenvalue weighted by Crippen LogP contribution is 2.47. The van der Waals surface area contributed by atoms with Crippen LogP contribution in [0.1, 0.15) is 0 Å². The molecule has 0 aliphatic carbocycles. The predicted molar refractivity (Wildman–Crippen MR) is 206 cm³/mol. The van der Waals surface area contributed by atoms with Gasteiger partial charge in [-0.25, -0.2) is 0 Å². The van der Waals surface area contributed by atoms with E-state index in [1.165, 1.54) is 88.0 Å². The van der Waals surface area contributed by atoms with Gasteiger partial charge in [0.05, 0.1) is 0 Å². The zero-order valence-corrected chi connectivity index (χ0v) is 26.5. The van der Waals surface area contributed by atoms with Gasteiger partial charge in [0.2, 0.25) is 0 Å². The molecule has 224 valence electrons. The fourth-order valence-corrected chi connectivity index (χ4v) is 7.48. The SMILES string of the molecule is c1ccc(-c2cccc(-c3c4ccccc4c(-c4ccccc4-c4ccccc4)c4ccc(-c5cccc6ccccc56)cc34)c2)cc1. The van der Waals surface area contributed by atoms with Gasteiger partial charge >= 0.3 is 0 Å². The molecule has 0 fully saturated rings. The Morgan fingerprint density at radius 2 is 0.729 bits per heavy atom. The number of hydrogen-bond acceptors (Lipinski definition) is 0. The van der Waals surface area contributed by atoms with Crippen LogP contribution in [-0.4, -0.2) is 0 Å². The Bertz CT molecular complexity index is 2590. The summed E-state index contributed by atoms with van der Waals surface area (Å²) in [6.07, 6.45) is 0. The lowest BCUT2D eigenvalue weighted by Crippen LogP contribution is -1.94. The van der Waals surface area contributed by atoms with Crippen LogP contribution in [0, 0.1) is 0 Å². The Balaban J connectivity index is 1.40. The van der Waals surface area contributed by atoms with Gasteiger partial charge in [-0.3, -0.25) is 0 Å². The smallest absolute Gasteiger partial charge is 0.00201 e. The third kappa shape index (κ3) is 4.78. The maximum atomic E-state index is 2.43. The Kier molecular flexibility index (Phi) is 6.91. The van der Waals surface area contributed by atoms with Gasteiger partial charge < -0.3 is 0 Å². The lowest BCUT2D eigenvalue weighted by molar-refractivity contribution is 1.60. The molecule has 0 unspecified atom stereocenters. The van der Waals surface area contributed by atoms with Gasteiger partial charge in [0.15, 0.2) is 0 Å². The highest BCUT2D eigenvalue weighted by Gasteiger charge is 2.20. The van der Waals surface area contributed by atoms with E-state index in [4.69, 9.17) is 0 Å². The molecule has 0 heterocycles. The van der Waals surface area contributed by atoms with Crippen LogP contribution < -0.4 is 0 Å². The number of rotatable bonds is 5. The van der Waals surface area contributed by atoms with Crippen LogP contribution in [-0.2, 0) is 0 Å². The fourth-order valence-electron chi connectivity index (χ4n) is 7.48. The first-order valence-corrected chi connectivity index (χ1v) is 16.6. The van der Waals surface area contributed by atoms with Crippen molar-refractivity contribution < 1.29 is 0 Å². The first kappa shape index (κ1) is 28.0. The molecule has 0 bridgehead atoms. The van der Waals surface area contributed by atoms with Gasteiger partial charge in [-0.05, 0) is 100 Å².